The molecule has 0 saturated heterocycles. The standard InChI is InChI=1S/C18H13BrClN5/c19-16-10-23-18-15(24-11-4-3-7-22-9-11)8-13(17(21)25(16)18)12-5-1-2-6-14(12)20/h1-10,24H,21H2. The molecule has 0 spiro atoms. The van der Waals surface area contributed by atoms with Crippen molar-refractivity contribution < 1.29 is 0 Å². The third-order valence-electron chi connectivity index (χ3n) is 3.87. The van der Waals surface area contributed by atoms with Crippen LogP contribution in [-0.4, -0.2) is 14.4 Å². The number of nitrogens with zero attached hydrogens (tertiary/aromatic N) is 3. The van der Waals surface area contributed by atoms with Gasteiger partial charge < -0.3 is 11.1 Å². The number of imidazole rings is 1. The number of hydrogen-bond donors (Lipinski definition) is 2. The molecule has 0 aliphatic heterocycles. The van der Waals surface area contributed by atoms with Gasteiger partial charge in [0.05, 0.1) is 23.8 Å². The summed E-state index contributed by atoms with van der Waals surface area (Å²) in [5.74, 6) is 0.559. The molecule has 0 radical (unpaired) electrons. The lowest BCUT2D eigenvalue weighted by atomic mass is 10.1. The molecule has 0 fully saturated rings. The fraction of sp³-hybridized carbons (Fsp3) is 0. The monoisotopic (exact) mass is 413 g/mol. The van der Waals surface area contributed by atoms with Gasteiger partial charge in [-0.3, -0.25) is 9.38 Å². The molecule has 0 aliphatic rings. The van der Waals surface area contributed by atoms with Crippen molar-refractivity contribution in [2.75, 3.05) is 11.1 Å². The molecule has 5 nitrogen and oxygen atoms in total. The molecule has 3 heterocycles. The summed E-state index contributed by atoms with van der Waals surface area (Å²) in [6.07, 6.45) is 5.20. The molecule has 4 aromatic rings. The molecular weight excluding hydrogens is 402 g/mol. The Morgan fingerprint density at radius 3 is 2.68 bits per heavy atom. The molecule has 0 aliphatic carbocycles. The predicted octanol–water partition coefficient (Wildman–Crippen LogP) is 5.14. The van der Waals surface area contributed by atoms with Gasteiger partial charge in [-0.25, -0.2) is 4.98 Å². The van der Waals surface area contributed by atoms with E-state index in [9.17, 15) is 0 Å². The number of benzene rings is 1. The lowest BCUT2D eigenvalue weighted by molar-refractivity contribution is 1.17. The van der Waals surface area contributed by atoms with Crippen molar-refractivity contribution in [1.29, 1.82) is 0 Å². The molecule has 25 heavy (non-hydrogen) atoms. The lowest BCUT2D eigenvalue weighted by Crippen LogP contribution is -2.04. The van der Waals surface area contributed by atoms with Crippen LogP contribution < -0.4 is 11.1 Å². The van der Waals surface area contributed by atoms with E-state index in [2.05, 4.69) is 31.2 Å². The molecular formula is C18H13BrClN5. The maximum atomic E-state index is 6.42. The first-order valence-corrected chi connectivity index (χ1v) is 8.69. The van der Waals surface area contributed by atoms with Crippen LogP contribution in [0.25, 0.3) is 16.8 Å². The van der Waals surface area contributed by atoms with E-state index >= 15 is 0 Å². The molecule has 0 amide bonds. The summed E-state index contributed by atoms with van der Waals surface area (Å²) in [6.45, 7) is 0. The Morgan fingerprint density at radius 1 is 1.08 bits per heavy atom. The van der Waals surface area contributed by atoms with E-state index in [0.717, 1.165) is 27.1 Å². The molecule has 0 unspecified atom stereocenters. The highest BCUT2D eigenvalue weighted by Gasteiger charge is 2.16. The fourth-order valence-electron chi connectivity index (χ4n) is 2.73. The number of rotatable bonds is 3. The number of fused-ring (bicyclic) bond motifs is 1. The normalized spacial score (nSPS) is 11.0. The van der Waals surface area contributed by atoms with Gasteiger partial charge in [-0.05, 0) is 40.2 Å². The van der Waals surface area contributed by atoms with Gasteiger partial charge in [0.15, 0.2) is 5.65 Å². The highest BCUT2D eigenvalue weighted by molar-refractivity contribution is 9.10. The van der Waals surface area contributed by atoms with Crippen molar-refractivity contribution in [3.63, 3.8) is 0 Å². The molecule has 4 rings (SSSR count). The third kappa shape index (κ3) is 2.83. The molecule has 3 aromatic heterocycles. The van der Waals surface area contributed by atoms with E-state index in [-0.39, 0.29) is 0 Å². The molecule has 3 N–H and O–H groups in total. The molecule has 0 atom stereocenters. The maximum Gasteiger partial charge on any atom is 0.163 e. The summed E-state index contributed by atoms with van der Waals surface area (Å²) in [5.41, 5.74) is 10.5. The highest BCUT2D eigenvalue weighted by Crippen LogP contribution is 2.37. The Kier molecular flexibility index (Phi) is 4.07. The highest BCUT2D eigenvalue weighted by atomic mass is 79.9. The minimum absolute atomic E-state index is 0.559. The number of hydrogen-bond acceptors (Lipinski definition) is 4. The summed E-state index contributed by atoms with van der Waals surface area (Å²) in [7, 11) is 0. The number of aromatic nitrogens is 3. The number of anilines is 3. The van der Waals surface area contributed by atoms with Crippen LogP contribution in [0.4, 0.5) is 17.2 Å². The van der Waals surface area contributed by atoms with Gasteiger partial charge >= 0.3 is 0 Å². The van der Waals surface area contributed by atoms with Gasteiger partial charge in [-0.15, -0.1) is 0 Å². The first-order chi connectivity index (χ1) is 12.1. The van der Waals surface area contributed by atoms with Crippen LogP contribution in [0, 0.1) is 0 Å². The summed E-state index contributed by atoms with van der Waals surface area (Å²) >= 11 is 9.90. The average Bonchev–Trinajstić information content (AvgIpc) is 3.02. The quantitative estimate of drug-likeness (QED) is 0.487. The van der Waals surface area contributed by atoms with E-state index in [0.29, 0.717) is 16.5 Å². The smallest absolute Gasteiger partial charge is 0.163 e. The second kappa shape index (κ2) is 6.38. The number of pyridine rings is 2. The minimum Gasteiger partial charge on any atom is -0.384 e. The zero-order valence-corrected chi connectivity index (χ0v) is 15.3. The Morgan fingerprint density at radius 2 is 1.92 bits per heavy atom. The molecule has 0 saturated carbocycles. The van der Waals surface area contributed by atoms with Crippen LogP contribution >= 0.6 is 27.5 Å². The molecule has 0 bridgehead atoms. The molecule has 124 valence electrons. The topological polar surface area (TPSA) is 68.2 Å². The number of nitrogens with two attached hydrogens (primary N) is 1. The minimum atomic E-state index is 0.559. The van der Waals surface area contributed by atoms with E-state index in [1.165, 1.54) is 0 Å². The first-order valence-electron chi connectivity index (χ1n) is 7.52. The fourth-order valence-corrected chi connectivity index (χ4v) is 3.43. The Bertz CT molecular complexity index is 1060. The van der Waals surface area contributed by atoms with Crippen LogP contribution in [0.1, 0.15) is 0 Å². The number of halogens is 2. The Labute approximate surface area is 157 Å². The van der Waals surface area contributed by atoms with Crippen molar-refractivity contribution >= 4 is 50.4 Å². The van der Waals surface area contributed by atoms with Crippen molar-refractivity contribution in [1.82, 2.24) is 14.4 Å². The Hall–Kier alpha value is -2.57. The molecule has 1 aromatic carbocycles. The van der Waals surface area contributed by atoms with E-state index in [1.807, 2.05) is 46.9 Å². The van der Waals surface area contributed by atoms with Crippen LogP contribution in [0.15, 0.2) is 65.7 Å². The van der Waals surface area contributed by atoms with Crippen molar-refractivity contribution in [2.45, 2.75) is 0 Å². The predicted molar refractivity (Wildman–Crippen MR) is 105 cm³/mol. The van der Waals surface area contributed by atoms with E-state index in [1.54, 1.807) is 18.6 Å². The third-order valence-corrected chi connectivity index (χ3v) is 4.76. The van der Waals surface area contributed by atoms with Gasteiger partial charge in [0.25, 0.3) is 0 Å². The van der Waals surface area contributed by atoms with Gasteiger partial charge in [0.1, 0.15) is 10.4 Å². The van der Waals surface area contributed by atoms with E-state index in [4.69, 9.17) is 17.3 Å². The van der Waals surface area contributed by atoms with Crippen LogP contribution in [0.3, 0.4) is 0 Å². The second-order valence-electron chi connectivity index (χ2n) is 5.44. The van der Waals surface area contributed by atoms with Gasteiger partial charge in [0, 0.05) is 22.3 Å². The van der Waals surface area contributed by atoms with E-state index < -0.39 is 0 Å². The number of nitrogen functional groups attached to an aromatic ring is 1. The second-order valence-corrected chi connectivity index (χ2v) is 6.66. The maximum absolute atomic E-state index is 6.42. The van der Waals surface area contributed by atoms with Crippen LogP contribution in [0.5, 0.6) is 0 Å². The Balaban J connectivity index is 1.97. The summed E-state index contributed by atoms with van der Waals surface area (Å²) < 4.78 is 2.61. The van der Waals surface area contributed by atoms with Gasteiger partial charge in [-0.1, -0.05) is 29.8 Å². The molecule has 7 heteroatoms. The first kappa shape index (κ1) is 15.9. The summed E-state index contributed by atoms with van der Waals surface area (Å²) in [4.78, 5) is 8.59. The van der Waals surface area contributed by atoms with Crippen molar-refractivity contribution in [3.8, 4) is 11.1 Å². The summed E-state index contributed by atoms with van der Waals surface area (Å²) in [5, 5.41) is 3.99. The average molecular weight is 415 g/mol. The van der Waals surface area contributed by atoms with Gasteiger partial charge in [0.2, 0.25) is 0 Å². The van der Waals surface area contributed by atoms with Crippen LogP contribution in [0.2, 0.25) is 5.02 Å². The van der Waals surface area contributed by atoms with Crippen LogP contribution in [-0.2, 0) is 0 Å². The van der Waals surface area contributed by atoms with Crippen molar-refractivity contribution in [2.24, 2.45) is 0 Å². The van der Waals surface area contributed by atoms with Crippen molar-refractivity contribution in [3.05, 3.63) is 70.7 Å². The SMILES string of the molecule is Nc1c(-c2ccccc2Cl)cc(Nc2cccnc2)c2ncc(Br)n12. The zero-order valence-electron chi connectivity index (χ0n) is 12.9. The lowest BCUT2D eigenvalue weighted by Gasteiger charge is -2.15. The summed E-state index contributed by atoms with van der Waals surface area (Å²) in [6, 6.07) is 13.4. The number of nitrogens with one attached hydrogen (secondary N) is 1. The zero-order chi connectivity index (χ0) is 17.4. The van der Waals surface area contributed by atoms with Gasteiger partial charge in [-0.2, -0.15) is 0 Å². The largest absolute Gasteiger partial charge is 0.384 e.